The van der Waals surface area contributed by atoms with E-state index in [2.05, 4.69) is 63.9 Å². The molecule has 3 aromatic rings. The van der Waals surface area contributed by atoms with Gasteiger partial charge in [-0.15, -0.1) is 11.8 Å². The largest absolute Gasteiger partial charge is 0.439 e. The van der Waals surface area contributed by atoms with Crippen molar-refractivity contribution in [3.63, 3.8) is 0 Å². The molecule has 0 unspecified atom stereocenters. The topological polar surface area (TPSA) is 60.7 Å². The molecule has 6 nitrogen and oxygen atoms in total. The highest BCUT2D eigenvalue weighted by molar-refractivity contribution is 14.1. The number of rotatable bonds is 9. The van der Waals surface area contributed by atoms with Gasteiger partial charge in [0, 0.05) is 25.6 Å². The first-order valence-electron chi connectivity index (χ1n) is 9.03. The van der Waals surface area contributed by atoms with Crippen LogP contribution in [0.4, 0.5) is 5.82 Å². The van der Waals surface area contributed by atoms with Gasteiger partial charge in [-0.05, 0) is 59.2 Å². The molecule has 0 aliphatic rings. The molecule has 0 radical (unpaired) electrons. The van der Waals surface area contributed by atoms with Gasteiger partial charge >= 0.3 is 0 Å². The van der Waals surface area contributed by atoms with Crippen molar-refractivity contribution < 1.29 is 9.47 Å². The zero-order chi connectivity index (χ0) is 20.1. The second-order valence-electron chi connectivity index (χ2n) is 7.53. The van der Waals surface area contributed by atoms with E-state index in [1.165, 1.54) is 4.90 Å². The van der Waals surface area contributed by atoms with Gasteiger partial charge < -0.3 is 14.8 Å². The molecule has 0 aliphatic carbocycles. The van der Waals surface area contributed by atoms with Crippen LogP contribution in [0.5, 0.6) is 11.6 Å². The Morgan fingerprint density at radius 3 is 2.64 bits per heavy atom. The van der Waals surface area contributed by atoms with E-state index in [-0.39, 0.29) is 0 Å². The summed E-state index contributed by atoms with van der Waals surface area (Å²) in [6.45, 7) is 8.21. The molecule has 28 heavy (non-hydrogen) atoms. The van der Waals surface area contributed by atoms with Gasteiger partial charge in [0.15, 0.2) is 5.65 Å². The van der Waals surface area contributed by atoms with Crippen LogP contribution in [-0.2, 0) is 4.74 Å². The third kappa shape index (κ3) is 5.85. The van der Waals surface area contributed by atoms with E-state index in [0.717, 1.165) is 33.4 Å². The molecule has 1 N–H and O–H groups in total. The number of fused-ring (bicyclic) bond motifs is 1. The van der Waals surface area contributed by atoms with Gasteiger partial charge in [0.05, 0.1) is 9.77 Å². The lowest BCUT2D eigenvalue weighted by atomic mass is 10.3. The first-order chi connectivity index (χ1) is 13.4. The van der Waals surface area contributed by atoms with Crippen molar-refractivity contribution in [3.8, 4) is 11.6 Å². The molecule has 2 heterocycles. The number of hydrogen-bond acceptors (Lipinski definition) is 6. The number of halogens is 1. The Morgan fingerprint density at radius 1 is 1.21 bits per heavy atom. The number of ether oxygens (including phenoxy) is 2. The highest BCUT2D eigenvalue weighted by Gasteiger charge is 2.13. The molecule has 0 spiro atoms. The third-order valence-electron chi connectivity index (χ3n) is 4.04. The van der Waals surface area contributed by atoms with Gasteiger partial charge in [0.1, 0.15) is 18.3 Å². The van der Waals surface area contributed by atoms with E-state index in [1.807, 2.05) is 30.3 Å². The monoisotopic (exact) mass is 528 g/mol. The van der Waals surface area contributed by atoms with Gasteiger partial charge in [-0.3, -0.25) is 0 Å². The summed E-state index contributed by atoms with van der Waals surface area (Å²) in [5.74, 6) is 2.06. The lowest BCUT2D eigenvalue weighted by Gasteiger charge is -2.16. The maximum atomic E-state index is 5.98. The van der Waals surface area contributed by atoms with Crippen molar-refractivity contribution in [1.29, 1.82) is 0 Å². The summed E-state index contributed by atoms with van der Waals surface area (Å²) < 4.78 is 14.5. The number of thioether (sulfide) groups is 1. The number of anilines is 1. The zero-order valence-corrected chi connectivity index (χ0v) is 20.5. The molecule has 2 aromatic heterocycles. The molecule has 0 amide bonds. The van der Waals surface area contributed by atoms with Crippen LogP contribution in [0.2, 0.25) is 25.7 Å². The van der Waals surface area contributed by atoms with E-state index < -0.39 is 8.07 Å². The molecule has 150 valence electrons. The summed E-state index contributed by atoms with van der Waals surface area (Å²) in [6.07, 6.45) is 3.84. The zero-order valence-electron chi connectivity index (χ0n) is 16.5. The maximum Gasteiger partial charge on any atom is 0.224 e. The average Bonchev–Trinajstić information content (AvgIpc) is 3.02. The SMILES string of the molecule is CSc1ccc(Oc2cc(NCOCC[Si](C)(C)C)n3ncc(I)c3n2)cc1. The van der Waals surface area contributed by atoms with Crippen LogP contribution in [0.3, 0.4) is 0 Å². The molecule has 0 atom stereocenters. The number of hydrogen-bond donors (Lipinski definition) is 1. The normalized spacial score (nSPS) is 11.8. The predicted molar refractivity (Wildman–Crippen MR) is 127 cm³/mol. The van der Waals surface area contributed by atoms with Gasteiger partial charge in [0.25, 0.3) is 0 Å². The molecule has 1 aromatic carbocycles. The van der Waals surface area contributed by atoms with Gasteiger partial charge in [-0.2, -0.15) is 14.6 Å². The second-order valence-corrected chi connectivity index (χ2v) is 15.2. The van der Waals surface area contributed by atoms with Gasteiger partial charge in [-0.25, -0.2) is 0 Å². The van der Waals surface area contributed by atoms with Crippen molar-refractivity contribution in [2.45, 2.75) is 30.6 Å². The van der Waals surface area contributed by atoms with Crippen molar-refractivity contribution in [2.24, 2.45) is 0 Å². The quantitative estimate of drug-likeness (QED) is 0.129. The molecule has 0 aliphatic heterocycles. The number of aromatic nitrogens is 3. The van der Waals surface area contributed by atoms with Crippen molar-refractivity contribution in [1.82, 2.24) is 14.6 Å². The lowest BCUT2D eigenvalue weighted by Crippen LogP contribution is -2.22. The first-order valence-corrected chi connectivity index (χ1v) is 15.0. The first kappa shape index (κ1) is 21.4. The predicted octanol–water partition coefficient (Wildman–Crippen LogP) is 5.57. The Morgan fingerprint density at radius 2 is 1.96 bits per heavy atom. The number of nitrogens with zero attached hydrogens (tertiary/aromatic N) is 3. The van der Waals surface area contributed by atoms with Crippen LogP contribution in [0.25, 0.3) is 5.65 Å². The Kier molecular flexibility index (Phi) is 7.23. The minimum atomic E-state index is -1.09. The van der Waals surface area contributed by atoms with Gasteiger partial charge in [-0.1, -0.05) is 19.6 Å². The summed E-state index contributed by atoms with van der Waals surface area (Å²) >= 11 is 3.93. The van der Waals surface area contributed by atoms with Crippen LogP contribution in [0, 0.1) is 3.57 Å². The standard InChI is InChI=1S/C19H25IN4O2SSi/c1-27-15-7-5-14(6-8-15)26-18-11-17(21-13-25-9-10-28(2,3)4)24-19(23-18)16(20)12-22-24/h5-8,11-12,21H,9-10,13H2,1-4H3. The molecule has 9 heteroatoms. The van der Waals surface area contributed by atoms with E-state index >= 15 is 0 Å². The summed E-state index contributed by atoms with van der Waals surface area (Å²) in [4.78, 5) is 5.79. The van der Waals surface area contributed by atoms with E-state index in [4.69, 9.17) is 9.47 Å². The number of nitrogens with one attached hydrogen (secondary N) is 1. The van der Waals surface area contributed by atoms with Gasteiger partial charge in [0.2, 0.25) is 5.88 Å². The van der Waals surface area contributed by atoms with Crippen molar-refractivity contribution in [3.05, 3.63) is 40.1 Å². The van der Waals surface area contributed by atoms with Crippen molar-refractivity contribution in [2.75, 3.05) is 24.9 Å². The third-order valence-corrected chi connectivity index (χ3v) is 7.25. The Bertz CT molecular complexity index is 928. The molecule has 0 saturated carbocycles. The van der Waals surface area contributed by atoms with Crippen LogP contribution in [-0.4, -0.2) is 42.3 Å². The highest BCUT2D eigenvalue weighted by atomic mass is 127. The van der Waals surface area contributed by atoms with E-state index in [1.54, 1.807) is 22.5 Å². The lowest BCUT2D eigenvalue weighted by molar-refractivity contribution is 0.165. The highest BCUT2D eigenvalue weighted by Crippen LogP contribution is 2.27. The Labute approximate surface area is 184 Å². The van der Waals surface area contributed by atoms with E-state index in [0.29, 0.717) is 12.6 Å². The number of benzene rings is 1. The average molecular weight is 528 g/mol. The van der Waals surface area contributed by atoms with Crippen LogP contribution in [0.15, 0.2) is 41.4 Å². The fourth-order valence-corrected chi connectivity index (χ4v) is 4.07. The molecular formula is C19H25IN4O2SSi. The molecule has 3 rings (SSSR count). The molecule has 0 bridgehead atoms. The van der Waals surface area contributed by atoms with Crippen molar-refractivity contribution >= 4 is 53.9 Å². The van der Waals surface area contributed by atoms with E-state index in [9.17, 15) is 0 Å². The minimum Gasteiger partial charge on any atom is -0.439 e. The Balaban J connectivity index is 1.73. The summed E-state index contributed by atoms with van der Waals surface area (Å²) in [7, 11) is -1.09. The summed E-state index contributed by atoms with van der Waals surface area (Å²) in [5, 5.41) is 7.70. The summed E-state index contributed by atoms with van der Waals surface area (Å²) in [6, 6.07) is 11.0. The summed E-state index contributed by atoms with van der Waals surface area (Å²) in [5.41, 5.74) is 0.753. The minimum absolute atomic E-state index is 0.419. The van der Waals surface area contributed by atoms with Crippen LogP contribution in [0.1, 0.15) is 0 Å². The second kappa shape index (κ2) is 9.46. The Hall–Kier alpha value is -1.30. The van der Waals surface area contributed by atoms with Crippen LogP contribution < -0.4 is 10.1 Å². The fraction of sp³-hybridized carbons (Fsp3) is 0.368. The molecule has 0 saturated heterocycles. The van der Waals surface area contributed by atoms with Crippen LogP contribution >= 0.6 is 34.4 Å². The fourth-order valence-electron chi connectivity index (χ4n) is 2.43. The smallest absolute Gasteiger partial charge is 0.224 e. The molecular weight excluding hydrogens is 503 g/mol. The molecule has 0 fully saturated rings. The maximum absolute atomic E-state index is 5.98.